The lowest BCUT2D eigenvalue weighted by Gasteiger charge is -2.10. The molecule has 0 saturated heterocycles. The van der Waals surface area contributed by atoms with Gasteiger partial charge >= 0.3 is 0 Å². The van der Waals surface area contributed by atoms with Gasteiger partial charge in [-0.3, -0.25) is 9.78 Å². The second-order valence-corrected chi connectivity index (χ2v) is 4.04. The second-order valence-electron chi connectivity index (χ2n) is 3.74. The lowest BCUT2D eigenvalue weighted by Crippen LogP contribution is -2.30. The summed E-state index contributed by atoms with van der Waals surface area (Å²) in [5.41, 5.74) is 2.10. The van der Waals surface area contributed by atoms with E-state index in [0.29, 0.717) is 12.4 Å². The zero-order valence-electron chi connectivity index (χ0n) is 9.66. The van der Waals surface area contributed by atoms with E-state index in [2.05, 4.69) is 17.2 Å². The first-order valence-electron chi connectivity index (χ1n) is 5.45. The maximum atomic E-state index is 11.5. The van der Waals surface area contributed by atoms with Crippen LogP contribution in [-0.4, -0.2) is 16.8 Å². The zero-order chi connectivity index (χ0) is 12.0. The third kappa shape index (κ3) is 3.49. The number of pyridine rings is 1. The zero-order valence-corrected chi connectivity index (χ0v) is 10.4. The van der Waals surface area contributed by atoms with Crippen molar-refractivity contribution < 1.29 is 4.79 Å². The Morgan fingerprint density at radius 3 is 3.00 bits per heavy atom. The van der Waals surface area contributed by atoms with Crippen LogP contribution in [0.3, 0.4) is 0 Å². The number of amides is 1. The highest BCUT2D eigenvalue weighted by Crippen LogP contribution is 2.06. The molecule has 16 heavy (non-hydrogen) atoms. The molecule has 1 heterocycles. The van der Waals surface area contributed by atoms with Gasteiger partial charge in [-0.2, -0.15) is 0 Å². The number of nitrogens with one attached hydrogen (secondary N) is 1. The molecule has 0 bridgehead atoms. The molecule has 1 amide bonds. The van der Waals surface area contributed by atoms with Gasteiger partial charge in [0, 0.05) is 18.0 Å². The molecule has 0 spiro atoms. The molecule has 0 aliphatic rings. The SMILES string of the molecule is CCc1cccnc1CNC(=O)C(C)CCl. The normalized spacial score (nSPS) is 12.2. The van der Waals surface area contributed by atoms with Gasteiger partial charge in [-0.05, 0) is 18.1 Å². The molecule has 0 radical (unpaired) electrons. The fourth-order valence-corrected chi connectivity index (χ4v) is 1.51. The summed E-state index contributed by atoms with van der Waals surface area (Å²) in [6, 6.07) is 3.94. The van der Waals surface area contributed by atoms with Crippen LogP contribution in [0, 0.1) is 5.92 Å². The molecule has 0 saturated carbocycles. The van der Waals surface area contributed by atoms with E-state index in [0.717, 1.165) is 12.1 Å². The molecule has 0 aliphatic heterocycles. The van der Waals surface area contributed by atoms with Crippen molar-refractivity contribution in [3.8, 4) is 0 Å². The Kier molecular flexibility index (Phi) is 5.26. The van der Waals surface area contributed by atoms with Gasteiger partial charge in [-0.25, -0.2) is 0 Å². The summed E-state index contributed by atoms with van der Waals surface area (Å²) in [7, 11) is 0. The van der Waals surface area contributed by atoms with Gasteiger partial charge in [0.15, 0.2) is 0 Å². The Morgan fingerprint density at radius 2 is 2.38 bits per heavy atom. The largest absolute Gasteiger partial charge is 0.350 e. The summed E-state index contributed by atoms with van der Waals surface area (Å²) in [5, 5.41) is 2.84. The van der Waals surface area contributed by atoms with E-state index in [9.17, 15) is 4.79 Å². The Morgan fingerprint density at radius 1 is 1.62 bits per heavy atom. The van der Waals surface area contributed by atoms with Crippen molar-refractivity contribution in [1.29, 1.82) is 0 Å². The smallest absolute Gasteiger partial charge is 0.224 e. The van der Waals surface area contributed by atoms with Crippen LogP contribution in [0.4, 0.5) is 0 Å². The summed E-state index contributed by atoms with van der Waals surface area (Å²) < 4.78 is 0. The minimum Gasteiger partial charge on any atom is -0.350 e. The Labute approximate surface area is 101 Å². The average molecular weight is 241 g/mol. The molecular weight excluding hydrogens is 224 g/mol. The number of aryl methyl sites for hydroxylation is 1. The van der Waals surface area contributed by atoms with Crippen LogP contribution < -0.4 is 5.32 Å². The number of halogens is 1. The molecule has 0 fully saturated rings. The van der Waals surface area contributed by atoms with E-state index in [1.165, 1.54) is 5.56 Å². The van der Waals surface area contributed by atoms with Crippen molar-refractivity contribution in [3.05, 3.63) is 29.6 Å². The molecule has 3 nitrogen and oxygen atoms in total. The summed E-state index contributed by atoms with van der Waals surface area (Å²) in [6.07, 6.45) is 2.66. The minimum atomic E-state index is -0.157. The average Bonchev–Trinajstić information content (AvgIpc) is 2.35. The molecule has 1 aromatic heterocycles. The van der Waals surface area contributed by atoms with Crippen LogP contribution in [0.5, 0.6) is 0 Å². The third-order valence-electron chi connectivity index (χ3n) is 2.47. The molecular formula is C12H17ClN2O. The predicted molar refractivity (Wildman–Crippen MR) is 65.3 cm³/mol. The fourth-order valence-electron chi connectivity index (χ4n) is 1.37. The van der Waals surface area contributed by atoms with E-state index < -0.39 is 0 Å². The van der Waals surface area contributed by atoms with E-state index in [-0.39, 0.29) is 11.8 Å². The third-order valence-corrected chi connectivity index (χ3v) is 2.94. The number of rotatable bonds is 5. The minimum absolute atomic E-state index is 0.0253. The highest BCUT2D eigenvalue weighted by atomic mass is 35.5. The van der Waals surface area contributed by atoms with Gasteiger partial charge in [0.25, 0.3) is 0 Å². The molecule has 1 atom stereocenters. The number of carbonyl (C=O) groups is 1. The number of carbonyl (C=O) groups excluding carboxylic acids is 1. The van der Waals surface area contributed by atoms with Gasteiger partial charge in [0.05, 0.1) is 12.2 Å². The maximum Gasteiger partial charge on any atom is 0.224 e. The van der Waals surface area contributed by atoms with Crippen LogP contribution in [0.2, 0.25) is 0 Å². The fraction of sp³-hybridized carbons (Fsp3) is 0.500. The van der Waals surface area contributed by atoms with Gasteiger partial charge in [-0.1, -0.05) is 19.9 Å². The van der Waals surface area contributed by atoms with Gasteiger partial charge < -0.3 is 5.32 Å². The lowest BCUT2D eigenvalue weighted by atomic mass is 10.1. The van der Waals surface area contributed by atoms with Crippen LogP contribution in [0.15, 0.2) is 18.3 Å². The number of hydrogen-bond donors (Lipinski definition) is 1. The standard InChI is InChI=1S/C12H17ClN2O/c1-3-10-5-4-6-14-11(10)8-15-12(16)9(2)7-13/h4-6,9H,3,7-8H2,1-2H3,(H,15,16). The Bertz CT molecular complexity index is 355. The monoisotopic (exact) mass is 240 g/mol. The van der Waals surface area contributed by atoms with Crippen molar-refractivity contribution >= 4 is 17.5 Å². The topological polar surface area (TPSA) is 42.0 Å². The highest BCUT2D eigenvalue weighted by molar-refractivity contribution is 6.19. The summed E-state index contributed by atoms with van der Waals surface area (Å²) >= 11 is 5.61. The van der Waals surface area contributed by atoms with Crippen molar-refractivity contribution in [2.24, 2.45) is 5.92 Å². The molecule has 1 N–H and O–H groups in total. The van der Waals surface area contributed by atoms with Crippen LogP contribution in [0.25, 0.3) is 0 Å². The molecule has 1 rings (SSSR count). The summed E-state index contributed by atoms with van der Waals surface area (Å²) in [4.78, 5) is 15.8. The quantitative estimate of drug-likeness (QED) is 0.802. The molecule has 4 heteroatoms. The van der Waals surface area contributed by atoms with Gasteiger partial charge in [-0.15, -0.1) is 11.6 Å². The van der Waals surface area contributed by atoms with Crippen LogP contribution in [0.1, 0.15) is 25.1 Å². The molecule has 1 aromatic rings. The highest BCUT2D eigenvalue weighted by Gasteiger charge is 2.11. The molecule has 0 aliphatic carbocycles. The van der Waals surface area contributed by atoms with E-state index in [1.54, 1.807) is 6.20 Å². The van der Waals surface area contributed by atoms with Crippen molar-refractivity contribution in [2.45, 2.75) is 26.8 Å². The molecule has 1 unspecified atom stereocenters. The first kappa shape index (κ1) is 13.0. The second kappa shape index (κ2) is 6.48. The van der Waals surface area contributed by atoms with Crippen LogP contribution in [-0.2, 0) is 17.8 Å². The van der Waals surface area contributed by atoms with Crippen molar-refractivity contribution in [2.75, 3.05) is 5.88 Å². The van der Waals surface area contributed by atoms with Gasteiger partial charge in [0.2, 0.25) is 5.91 Å². The van der Waals surface area contributed by atoms with Crippen molar-refractivity contribution in [1.82, 2.24) is 10.3 Å². The lowest BCUT2D eigenvalue weighted by molar-refractivity contribution is -0.124. The summed E-state index contributed by atoms with van der Waals surface area (Å²) in [6.45, 7) is 4.36. The van der Waals surface area contributed by atoms with E-state index in [4.69, 9.17) is 11.6 Å². The molecule has 0 aromatic carbocycles. The Hall–Kier alpha value is -1.09. The van der Waals surface area contributed by atoms with E-state index in [1.807, 2.05) is 19.1 Å². The first-order chi connectivity index (χ1) is 7.69. The summed E-state index contributed by atoms with van der Waals surface area (Å²) in [5.74, 6) is 0.160. The maximum absolute atomic E-state index is 11.5. The van der Waals surface area contributed by atoms with Gasteiger partial charge in [0.1, 0.15) is 0 Å². The van der Waals surface area contributed by atoms with Crippen molar-refractivity contribution in [3.63, 3.8) is 0 Å². The van der Waals surface area contributed by atoms with E-state index >= 15 is 0 Å². The first-order valence-corrected chi connectivity index (χ1v) is 5.99. The van der Waals surface area contributed by atoms with Crippen LogP contribution >= 0.6 is 11.6 Å². The predicted octanol–water partition coefficient (Wildman–Crippen LogP) is 2.14. The molecule has 88 valence electrons. The number of aromatic nitrogens is 1. The number of hydrogen-bond acceptors (Lipinski definition) is 2. The Balaban J connectivity index is 2.57. The number of alkyl halides is 1. The number of nitrogens with zero attached hydrogens (tertiary/aromatic N) is 1.